The molecule has 0 aromatic heterocycles. The van der Waals surface area contributed by atoms with E-state index in [2.05, 4.69) is 6.58 Å². The van der Waals surface area contributed by atoms with E-state index in [0.29, 0.717) is 5.57 Å². The quantitative estimate of drug-likeness (QED) is 0.461. The van der Waals surface area contributed by atoms with Crippen LogP contribution in [-0.2, 0) is 0 Å². The topological polar surface area (TPSA) is 40.5 Å². The van der Waals surface area contributed by atoms with Crippen LogP contribution in [0.4, 0.5) is 0 Å². The molecule has 0 rings (SSSR count). The molecule has 0 amide bonds. The van der Waals surface area contributed by atoms with Gasteiger partial charge in [-0.1, -0.05) is 24.8 Å². The van der Waals surface area contributed by atoms with Crippen LogP contribution in [0.5, 0.6) is 0 Å². The largest absolute Gasteiger partial charge is 0.512 e. The van der Waals surface area contributed by atoms with Gasteiger partial charge >= 0.3 is 0 Å². The summed E-state index contributed by atoms with van der Waals surface area (Å²) in [4.78, 5) is 0. The highest BCUT2D eigenvalue weighted by Crippen LogP contribution is 2.02. The summed E-state index contributed by atoms with van der Waals surface area (Å²) in [6, 6.07) is 0. The molecule has 0 aliphatic rings. The van der Waals surface area contributed by atoms with Gasteiger partial charge in [0.25, 0.3) is 0 Å². The Kier molecular flexibility index (Phi) is 4.33. The summed E-state index contributed by atoms with van der Waals surface area (Å²) in [6.07, 6.45) is 4.68. The van der Waals surface area contributed by atoms with Crippen molar-refractivity contribution in [2.45, 2.75) is 6.92 Å². The van der Waals surface area contributed by atoms with Gasteiger partial charge in [-0.05, 0) is 6.92 Å². The molecule has 0 unspecified atom stereocenters. The van der Waals surface area contributed by atoms with Crippen molar-refractivity contribution in [2.75, 3.05) is 6.61 Å². The first kappa shape index (κ1) is 8.98. The first-order valence-corrected chi connectivity index (χ1v) is 3.02. The molecule has 10 heavy (non-hydrogen) atoms. The molecule has 2 heteroatoms. The zero-order chi connectivity index (χ0) is 7.98. The van der Waals surface area contributed by atoms with E-state index < -0.39 is 0 Å². The first-order chi connectivity index (χ1) is 4.72. The Labute approximate surface area is 60.8 Å². The Hall–Kier alpha value is -1.02. The van der Waals surface area contributed by atoms with Crippen LogP contribution < -0.4 is 0 Å². The van der Waals surface area contributed by atoms with Crippen LogP contribution in [0, 0.1) is 0 Å². The SMILES string of the molecule is C=CC(/C=C/CO)=C(/C)O. The minimum Gasteiger partial charge on any atom is -0.512 e. The molecule has 0 spiro atoms. The minimum absolute atomic E-state index is 0.0232. The van der Waals surface area contributed by atoms with Crippen LogP contribution in [0.25, 0.3) is 0 Å². The van der Waals surface area contributed by atoms with Gasteiger partial charge < -0.3 is 10.2 Å². The van der Waals surface area contributed by atoms with E-state index in [9.17, 15) is 0 Å². The van der Waals surface area contributed by atoms with Gasteiger partial charge in [0.2, 0.25) is 0 Å². The summed E-state index contributed by atoms with van der Waals surface area (Å²) in [5, 5.41) is 17.3. The van der Waals surface area contributed by atoms with Crippen molar-refractivity contribution in [2.24, 2.45) is 0 Å². The summed E-state index contributed by atoms with van der Waals surface area (Å²) in [7, 11) is 0. The molecule has 0 radical (unpaired) electrons. The molecule has 0 fully saturated rings. The molecule has 0 aromatic rings. The van der Waals surface area contributed by atoms with Gasteiger partial charge in [-0.2, -0.15) is 0 Å². The van der Waals surface area contributed by atoms with Crippen molar-refractivity contribution in [1.29, 1.82) is 0 Å². The second-order valence-corrected chi connectivity index (χ2v) is 1.83. The normalized spacial score (nSPS) is 13.4. The average molecular weight is 140 g/mol. The molecule has 2 N–H and O–H groups in total. The van der Waals surface area contributed by atoms with E-state index in [1.54, 1.807) is 13.0 Å². The lowest BCUT2D eigenvalue weighted by Gasteiger charge is -1.93. The third kappa shape index (κ3) is 3.10. The number of hydrogen-bond acceptors (Lipinski definition) is 2. The predicted molar refractivity (Wildman–Crippen MR) is 41.8 cm³/mol. The van der Waals surface area contributed by atoms with Gasteiger partial charge in [0.1, 0.15) is 0 Å². The van der Waals surface area contributed by atoms with E-state index in [0.717, 1.165) is 0 Å². The van der Waals surface area contributed by atoms with E-state index in [4.69, 9.17) is 10.2 Å². The molecular weight excluding hydrogens is 128 g/mol. The second-order valence-electron chi connectivity index (χ2n) is 1.83. The van der Waals surface area contributed by atoms with E-state index in [1.165, 1.54) is 12.2 Å². The minimum atomic E-state index is -0.0232. The van der Waals surface area contributed by atoms with Crippen molar-refractivity contribution in [3.8, 4) is 0 Å². The molecule has 2 nitrogen and oxygen atoms in total. The molecule has 0 heterocycles. The van der Waals surface area contributed by atoms with E-state index in [1.807, 2.05) is 0 Å². The summed E-state index contributed by atoms with van der Waals surface area (Å²) >= 11 is 0. The van der Waals surface area contributed by atoms with Gasteiger partial charge in [0.15, 0.2) is 0 Å². The van der Waals surface area contributed by atoms with Crippen LogP contribution in [0.15, 0.2) is 36.1 Å². The third-order valence-corrected chi connectivity index (χ3v) is 1.04. The number of aliphatic hydroxyl groups excluding tert-OH is 2. The standard InChI is InChI=1S/C8H12O2/c1-3-8(7(2)10)5-4-6-9/h3-5,9-10H,1,6H2,2H3/b5-4+,8-7+. The number of aliphatic hydroxyl groups is 2. The Balaban J connectivity index is 4.24. The van der Waals surface area contributed by atoms with Crippen molar-refractivity contribution in [1.82, 2.24) is 0 Å². The maximum atomic E-state index is 8.91. The third-order valence-electron chi connectivity index (χ3n) is 1.04. The molecule has 0 aromatic carbocycles. The molecule has 0 atom stereocenters. The Morgan fingerprint density at radius 1 is 1.60 bits per heavy atom. The fraction of sp³-hybridized carbons (Fsp3) is 0.250. The number of hydrogen-bond donors (Lipinski definition) is 2. The van der Waals surface area contributed by atoms with Crippen LogP contribution in [-0.4, -0.2) is 16.8 Å². The van der Waals surface area contributed by atoms with Gasteiger partial charge in [0.05, 0.1) is 12.4 Å². The zero-order valence-electron chi connectivity index (χ0n) is 6.04. The smallest absolute Gasteiger partial charge is 0.0963 e. The van der Waals surface area contributed by atoms with E-state index in [-0.39, 0.29) is 12.4 Å². The monoisotopic (exact) mass is 140 g/mol. The summed E-state index contributed by atoms with van der Waals surface area (Å²) in [5.74, 6) is 0.208. The Morgan fingerprint density at radius 3 is 2.50 bits per heavy atom. The lowest BCUT2D eigenvalue weighted by molar-refractivity contribution is 0.342. The molecular formula is C8H12O2. The summed E-state index contributed by atoms with van der Waals surface area (Å²) < 4.78 is 0. The molecule has 0 saturated carbocycles. The number of rotatable bonds is 3. The van der Waals surface area contributed by atoms with Gasteiger partial charge in [0, 0.05) is 5.57 Å². The maximum absolute atomic E-state index is 8.91. The Morgan fingerprint density at radius 2 is 2.20 bits per heavy atom. The average Bonchev–Trinajstić information content (AvgIpc) is 1.89. The summed E-state index contributed by atoms with van der Waals surface area (Å²) in [5.41, 5.74) is 0.633. The molecule has 0 saturated heterocycles. The van der Waals surface area contributed by atoms with Crippen LogP contribution >= 0.6 is 0 Å². The zero-order valence-corrected chi connectivity index (χ0v) is 6.04. The molecule has 0 aliphatic carbocycles. The van der Waals surface area contributed by atoms with Crippen molar-refractivity contribution in [3.05, 3.63) is 36.1 Å². The van der Waals surface area contributed by atoms with Gasteiger partial charge in [-0.25, -0.2) is 0 Å². The highest BCUT2D eigenvalue weighted by molar-refractivity contribution is 5.30. The van der Waals surface area contributed by atoms with E-state index >= 15 is 0 Å². The summed E-state index contributed by atoms with van der Waals surface area (Å²) in [6.45, 7) is 5.03. The van der Waals surface area contributed by atoms with Gasteiger partial charge in [-0.3, -0.25) is 0 Å². The Bertz CT molecular complexity index is 162. The lowest BCUT2D eigenvalue weighted by Crippen LogP contribution is -1.80. The highest BCUT2D eigenvalue weighted by atomic mass is 16.3. The molecule has 56 valence electrons. The molecule has 0 bridgehead atoms. The van der Waals surface area contributed by atoms with Crippen LogP contribution in [0.3, 0.4) is 0 Å². The first-order valence-electron chi connectivity index (χ1n) is 3.02. The maximum Gasteiger partial charge on any atom is 0.0963 e. The van der Waals surface area contributed by atoms with Crippen molar-refractivity contribution in [3.63, 3.8) is 0 Å². The lowest BCUT2D eigenvalue weighted by atomic mass is 10.2. The fourth-order valence-corrected chi connectivity index (χ4v) is 0.516. The fourth-order valence-electron chi connectivity index (χ4n) is 0.516. The second kappa shape index (κ2) is 4.82. The van der Waals surface area contributed by atoms with Crippen molar-refractivity contribution < 1.29 is 10.2 Å². The van der Waals surface area contributed by atoms with Crippen LogP contribution in [0.1, 0.15) is 6.92 Å². The highest BCUT2D eigenvalue weighted by Gasteiger charge is 1.88. The molecule has 0 aliphatic heterocycles. The predicted octanol–water partition coefficient (Wildman–Crippen LogP) is 1.55. The van der Waals surface area contributed by atoms with Gasteiger partial charge in [-0.15, -0.1) is 0 Å². The van der Waals surface area contributed by atoms with Crippen LogP contribution in [0.2, 0.25) is 0 Å². The number of allylic oxidation sites excluding steroid dienone is 4. The van der Waals surface area contributed by atoms with Crippen molar-refractivity contribution >= 4 is 0 Å².